The molecular weight excluding hydrogens is 378 g/mol. The van der Waals surface area contributed by atoms with Gasteiger partial charge in [0.2, 0.25) is 6.20 Å². The molecule has 4 rings (SSSR count). The number of aromatic nitrogens is 2. The number of ether oxygens (including phenoxy) is 2. The van der Waals surface area contributed by atoms with Crippen LogP contribution in [0.1, 0.15) is 19.8 Å². The van der Waals surface area contributed by atoms with E-state index >= 15 is 0 Å². The van der Waals surface area contributed by atoms with E-state index in [0.717, 1.165) is 5.75 Å². The van der Waals surface area contributed by atoms with E-state index in [2.05, 4.69) is 10.3 Å². The zero-order chi connectivity index (χ0) is 20.4. The lowest BCUT2D eigenvalue weighted by atomic mass is 10.3. The van der Waals surface area contributed by atoms with Gasteiger partial charge in [-0.05, 0) is 43.9 Å². The predicted molar refractivity (Wildman–Crippen MR) is 103 cm³/mol. The van der Waals surface area contributed by atoms with Gasteiger partial charge in [-0.1, -0.05) is 0 Å². The molecule has 1 atom stereocenters. The molecule has 0 unspecified atom stereocenters. The summed E-state index contributed by atoms with van der Waals surface area (Å²) in [6.07, 6.45) is 2.55. The van der Waals surface area contributed by atoms with Gasteiger partial charge in [0.25, 0.3) is 11.6 Å². The molecule has 3 aromatic rings. The van der Waals surface area contributed by atoms with Crippen LogP contribution in [0.3, 0.4) is 0 Å². The predicted octanol–water partition coefficient (Wildman–Crippen LogP) is 2.95. The van der Waals surface area contributed by atoms with Crippen LogP contribution >= 0.6 is 0 Å². The summed E-state index contributed by atoms with van der Waals surface area (Å²) in [7, 11) is 0. The fourth-order valence-electron chi connectivity index (χ4n) is 2.79. The molecule has 1 aliphatic carbocycles. The number of rotatable bonds is 8. The highest BCUT2D eigenvalue weighted by molar-refractivity contribution is 5.76. The van der Waals surface area contributed by atoms with Gasteiger partial charge in [-0.3, -0.25) is 0 Å². The number of hydrogen-bond acceptors (Lipinski definition) is 6. The summed E-state index contributed by atoms with van der Waals surface area (Å²) in [6.45, 7) is 2.46. The first-order chi connectivity index (χ1) is 14.0. The Morgan fingerprint density at radius 1 is 1.34 bits per heavy atom. The van der Waals surface area contributed by atoms with E-state index in [1.807, 2.05) is 6.07 Å². The van der Waals surface area contributed by atoms with Crippen molar-refractivity contribution in [3.63, 3.8) is 0 Å². The van der Waals surface area contributed by atoms with Gasteiger partial charge in [-0.15, -0.1) is 0 Å². The molecule has 1 aromatic carbocycles. The summed E-state index contributed by atoms with van der Waals surface area (Å²) in [4.78, 5) is 15.0. The molecule has 2 aromatic heterocycles. The molecule has 1 amide bonds. The fourth-order valence-corrected chi connectivity index (χ4v) is 2.79. The van der Waals surface area contributed by atoms with Crippen LogP contribution < -0.4 is 19.5 Å². The van der Waals surface area contributed by atoms with Crippen LogP contribution in [0.2, 0.25) is 0 Å². The minimum absolute atomic E-state index is 0.0954. The summed E-state index contributed by atoms with van der Waals surface area (Å²) in [5.41, 5.74) is 1.42. The first kappa shape index (κ1) is 18.9. The van der Waals surface area contributed by atoms with Crippen molar-refractivity contribution in [2.45, 2.75) is 25.8 Å². The van der Waals surface area contributed by atoms with Gasteiger partial charge < -0.3 is 29.5 Å². The topological polar surface area (TPSA) is 121 Å². The average Bonchev–Trinajstić information content (AvgIpc) is 3.41. The Hall–Kier alpha value is -3.49. The number of benzene rings is 1. The number of carbonyl (C=O) groups is 1. The van der Waals surface area contributed by atoms with Crippen LogP contribution in [0, 0.1) is 11.1 Å². The van der Waals surface area contributed by atoms with E-state index in [1.165, 1.54) is 19.0 Å². The van der Waals surface area contributed by atoms with Crippen LogP contribution in [-0.2, 0) is 0 Å². The van der Waals surface area contributed by atoms with E-state index < -0.39 is 12.1 Å². The van der Waals surface area contributed by atoms with E-state index in [-0.39, 0.29) is 18.2 Å². The third kappa shape index (κ3) is 4.68. The van der Waals surface area contributed by atoms with E-state index in [9.17, 15) is 10.0 Å². The Bertz CT molecular complexity index is 1030. The minimum atomic E-state index is -1.13. The molecule has 1 saturated carbocycles. The molecule has 0 saturated heterocycles. The molecule has 9 heteroatoms. The maximum atomic E-state index is 12.4. The fraction of sp³-hybridized carbons (Fsp3) is 0.350. The summed E-state index contributed by atoms with van der Waals surface area (Å²) >= 11 is 0. The first-order valence-electron chi connectivity index (χ1n) is 9.37. The Labute approximate surface area is 166 Å². The van der Waals surface area contributed by atoms with Crippen molar-refractivity contribution < 1.29 is 28.5 Å². The molecule has 2 heterocycles. The molecule has 0 bridgehead atoms. The summed E-state index contributed by atoms with van der Waals surface area (Å²) in [5, 5.41) is 23.3. The van der Waals surface area contributed by atoms with Crippen molar-refractivity contribution >= 4 is 17.2 Å². The molecule has 1 aliphatic rings. The second kappa shape index (κ2) is 7.86. The number of hydrogen-bond donors (Lipinski definition) is 2. The number of pyridine rings is 1. The standard InChI is InChI=1S/C20H21N3O6/c1-12(21-20(24)25)10-27-15-5-7-17(23(26)9-15)19-22-16-6-4-14(8-18(16)29-19)28-11-13-2-3-13/h4-9,12-13,21H,2-3,10-11H2,1H3,(H,24,25)/t12-/m0/s1. The summed E-state index contributed by atoms with van der Waals surface area (Å²) in [6, 6.07) is 8.15. The highest BCUT2D eigenvalue weighted by Crippen LogP contribution is 2.31. The van der Waals surface area contributed by atoms with Crippen molar-refractivity contribution in [3.8, 4) is 23.1 Å². The molecule has 1 fully saturated rings. The molecular formula is C20H21N3O6. The second-order valence-corrected chi connectivity index (χ2v) is 7.14. The van der Waals surface area contributed by atoms with E-state index in [4.69, 9.17) is 19.0 Å². The number of nitrogens with zero attached hydrogens (tertiary/aromatic N) is 2. The van der Waals surface area contributed by atoms with Gasteiger partial charge in [0.1, 0.15) is 17.9 Å². The first-order valence-corrected chi connectivity index (χ1v) is 9.37. The van der Waals surface area contributed by atoms with Gasteiger partial charge in [-0.25, -0.2) is 9.78 Å². The maximum Gasteiger partial charge on any atom is 0.404 e. The van der Waals surface area contributed by atoms with Crippen molar-refractivity contribution in [2.24, 2.45) is 5.92 Å². The minimum Gasteiger partial charge on any atom is -0.618 e. The van der Waals surface area contributed by atoms with Crippen molar-refractivity contribution in [3.05, 3.63) is 41.7 Å². The van der Waals surface area contributed by atoms with Crippen LogP contribution in [0.4, 0.5) is 4.79 Å². The molecule has 152 valence electrons. The lowest BCUT2D eigenvalue weighted by molar-refractivity contribution is -0.594. The zero-order valence-electron chi connectivity index (χ0n) is 15.8. The largest absolute Gasteiger partial charge is 0.618 e. The quantitative estimate of drug-likeness (QED) is 0.441. The van der Waals surface area contributed by atoms with Crippen LogP contribution in [0.15, 0.2) is 40.9 Å². The SMILES string of the molecule is C[C@@H](COc1ccc(-c2nc3ccc(OCC4CC4)cc3o2)[n+]([O-])c1)NC(=O)O. The molecule has 0 aliphatic heterocycles. The van der Waals surface area contributed by atoms with Gasteiger partial charge >= 0.3 is 6.09 Å². The lowest BCUT2D eigenvalue weighted by Crippen LogP contribution is -2.36. The van der Waals surface area contributed by atoms with E-state index in [1.54, 1.807) is 31.2 Å². The Kier molecular flexibility index (Phi) is 5.11. The molecule has 29 heavy (non-hydrogen) atoms. The van der Waals surface area contributed by atoms with Gasteiger partial charge in [0.15, 0.2) is 11.3 Å². The van der Waals surface area contributed by atoms with Crippen molar-refractivity contribution in [2.75, 3.05) is 13.2 Å². The Morgan fingerprint density at radius 2 is 2.14 bits per heavy atom. The monoisotopic (exact) mass is 399 g/mol. The highest BCUT2D eigenvalue weighted by Gasteiger charge is 2.22. The van der Waals surface area contributed by atoms with Gasteiger partial charge in [0.05, 0.1) is 12.6 Å². The van der Waals surface area contributed by atoms with Gasteiger partial charge in [0, 0.05) is 12.1 Å². The van der Waals surface area contributed by atoms with Crippen molar-refractivity contribution in [1.82, 2.24) is 10.3 Å². The third-order valence-electron chi connectivity index (χ3n) is 4.52. The highest BCUT2D eigenvalue weighted by atomic mass is 16.5. The van der Waals surface area contributed by atoms with Crippen molar-refractivity contribution in [1.29, 1.82) is 0 Å². The molecule has 0 spiro atoms. The molecule has 0 radical (unpaired) electrons. The average molecular weight is 399 g/mol. The van der Waals surface area contributed by atoms with Crippen LogP contribution in [0.25, 0.3) is 22.7 Å². The van der Waals surface area contributed by atoms with Gasteiger partial charge in [-0.2, -0.15) is 4.73 Å². The zero-order valence-corrected chi connectivity index (χ0v) is 15.8. The number of nitrogens with one attached hydrogen (secondary N) is 1. The summed E-state index contributed by atoms with van der Waals surface area (Å²) < 4.78 is 17.6. The smallest absolute Gasteiger partial charge is 0.404 e. The van der Waals surface area contributed by atoms with Crippen LogP contribution in [-0.4, -0.2) is 35.4 Å². The molecule has 2 N–H and O–H groups in total. The van der Waals surface area contributed by atoms with E-state index in [0.29, 0.717) is 34.1 Å². The summed E-state index contributed by atoms with van der Waals surface area (Å²) in [5.74, 6) is 1.88. The number of oxazole rings is 1. The number of amides is 1. The number of fused-ring (bicyclic) bond motifs is 1. The Morgan fingerprint density at radius 3 is 2.86 bits per heavy atom. The number of carboxylic acid groups (broad SMARTS) is 1. The maximum absolute atomic E-state index is 12.4. The lowest BCUT2D eigenvalue weighted by Gasteiger charge is -2.12. The normalized spacial score (nSPS) is 14.5. The van der Waals surface area contributed by atoms with Crippen LogP contribution in [0.5, 0.6) is 11.5 Å². The Balaban J connectivity index is 1.47. The third-order valence-corrected chi connectivity index (χ3v) is 4.52. The molecule has 9 nitrogen and oxygen atoms in total. The second-order valence-electron chi connectivity index (χ2n) is 7.14.